The molecule has 2 aromatic heterocycles. The van der Waals surface area contributed by atoms with E-state index in [1.54, 1.807) is 43.8 Å². The predicted molar refractivity (Wildman–Crippen MR) is 114 cm³/mol. The maximum absolute atomic E-state index is 12.3. The summed E-state index contributed by atoms with van der Waals surface area (Å²) >= 11 is 1.69. The molecule has 0 radical (unpaired) electrons. The first-order chi connectivity index (χ1) is 14.2. The molecule has 1 aliphatic carbocycles. The van der Waals surface area contributed by atoms with E-state index >= 15 is 0 Å². The first-order valence-electron chi connectivity index (χ1n) is 9.57. The SMILES string of the molecule is COc1cccc(NC(=O)NCCn2nc(-c3cccs3)cc2C2CC2)c1OC. The third-order valence-corrected chi connectivity index (χ3v) is 5.73. The molecule has 2 heterocycles. The van der Waals surface area contributed by atoms with Gasteiger partial charge in [-0.25, -0.2) is 4.79 Å². The van der Waals surface area contributed by atoms with Gasteiger partial charge in [0.15, 0.2) is 11.5 Å². The van der Waals surface area contributed by atoms with Gasteiger partial charge in [0.25, 0.3) is 0 Å². The van der Waals surface area contributed by atoms with E-state index in [0.29, 0.717) is 36.2 Å². The molecule has 0 aliphatic heterocycles. The van der Waals surface area contributed by atoms with E-state index in [9.17, 15) is 4.79 Å². The van der Waals surface area contributed by atoms with Crippen LogP contribution >= 0.6 is 11.3 Å². The quantitative estimate of drug-likeness (QED) is 0.577. The molecular formula is C21H24N4O3S. The van der Waals surface area contributed by atoms with Crippen molar-refractivity contribution in [2.75, 3.05) is 26.1 Å². The van der Waals surface area contributed by atoms with E-state index in [0.717, 1.165) is 5.69 Å². The zero-order chi connectivity index (χ0) is 20.2. The summed E-state index contributed by atoms with van der Waals surface area (Å²) in [6.45, 7) is 1.10. The van der Waals surface area contributed by atoms with Gasteiger partial charge in [0.1, 0.15) is 5.69 Å². The summed E-state index contributed by atoms with van der Waals surface area (Å²) in [4.78, 5) is 13.5. The molecule has 29 heavy (non-hydrogen) atoms. The van der Waals surface area contributed by atoms with Crippen LogP contribution in [0.3, 0.4) is 0 Å². The molecule has 3 aromatic rings. The Hall–Kier alpha value is -3.00. The highest BCUT2D eigenvalue weighted by atomic mass is 32.1. The molecule has 7 nitrogen and oxygen atoms in total. The smallest absolute Gasteiger partial charge is 0.319 e. The molecular weight excluding hydrogens is 388 g/mol. The van der Waals surface area contributed by atoms with Crippen LogP contribution in [0, 0.1) is 0 Å². The Morgan fingerprint density at radius 3 is 2.79 bits per heavy atom. The fraction of sp³-hybridized carbons (Fsp3) is 0.333. The summed E-state index contributed by atoms with van der Waals surface area (Å²) < 4.78 is 12.6. The number of amides is 2. The van der Waals surface area contributed by atoms with E-state index < -0.39 is 0 Å². The summed E-state index contributed by atoms with van der Waals surface area (Å²) in [5.41, 5.74) is 2.82. The number of anilines is 1. The third-order valence-electron chi connectivity index (χ3n) is 4.84. The van der Waals surface area contributed by atoms with Crippen molar-refractivity contribution >= 4 is 23.1 Å². The highest BCUT2D eigenvalue weighted by Gasteiger charge is 2.28. The number of thiophene rings is 1. The Morgan fingerprint density at radius 2 is 2.10 bits per heavy atom. The number of benzene rings is 1. The lowest BCUT2D eigenvalue weighted by atomic mass is 10.2. The van der Waals surface area contributed by atoms with E-state index in [4.69, 9.17) is 14.6 Å². The molecule has 8 heteroatoms. The van der Waals surface area contributed by atoms with E-state index in [-0.39, 0.29) is 6.03 Å². The van der Waals surface area contributed by atoms with Crippen LogP contribution in [0.15, 0.2) is 41.8 Å². The first-order valence-corrected chi connectivity index (χ1v) is 10.4. The summed E-state index contributed by atoms with van der Waals surface area (Å²) in [6.07, 6.45) is 2.41. The standard InChI is InChI=1S/C21H24N4O3S/c1-27-18-6-3-5-15(20(18)28-2)23-21(26)22-10-11-25-17(14-8-9-14)13-16(24-25)19-7-4-12-29-19/h3-7,12-14H,8-11H2,1-2H3,(H2,22,23,26). The molecule has 1 aromatic carbocycles. The average Bonchev–Trinajstić information content (AvgIpc) is 3.25. The van der Waals surface area contributed by atoms with Gasteiger partial charge in [-0.1, -0.05) is 12.1 Å². The van der Waals surface area contributed by atoms with Crippen LogP contribution in [0.1, 0.15) is 24.5 Å². The zero-order valence-electron chi connectivity index (χ0n) is 16.5. The van der Waals surface area contributed by atoms with Gasteiger partial charge in [0.2, 0.25) is 0 Å². The summed E-state index contributed by atoms with van der Waals surface area (Å²) in [6, 6.07) is 11.4. The van der Waals surface area contributed by atoms with Crippen LogP contribution in [0.25, 0.3) is 10.6 Å². The first kappa shape index (κ1) is 19.3. The molecule has 1 aliphatic rings. The van der Waals surface area contributed by atoms with Gasteiger partial charge in [-0.2, -0.15) is 5.10 Å². The topological polar surface area (TPSA) is 77.4 Å². The number of nitrogens with zero attached hydrogens (tertiary/aromatic N) is 2. The molecule has 152 valence electrons. The monoisotopic (exact) mass is 412 g/mol. The van der Waals surface area contributed by atoms with E-state index in [1.807, 2.05) is 10.7 Å². The van der Waals surface area contributed by atoms with Gasteiger partial charge in [-0.3, -0.25) is 4.68 Å². The van der Waals surface area contributed by atoms with Gasteiger partial charge >= 0.3 is 6.03 Å². The van der Waals surface area contributed by atoms with Crippen molar-refractivity contribution in [3.63, 3.8) is 0 Å². The molecule has 0 spiro atoms. The van der Waals surface area contributed by atoms with Crippen LogP contribution in [-0.2, 0) is 6.54 Å². The predicted octanol–water partition coefficient (Wildman–Crippen LogP) is 4.33. The van der Waals surface area contributed by atoms with Gasteiger partial charge in [0.05, 0.1) is 31.3 Å². The minimum absolute atomic E-state index is 0.296. The number of carbonyl (C=O) groups is 1. The van der Waals surface area contributed by atoms with Crippen molar-refractivity contribution < 1.29 is 14.3 Å². The van der Waals surface area contributed by atoms with E-state index in [1.165, 1.54) is 23.4 Å². The number of nitrogens with one attached hydrogen (secondary N) is 2. The summed E-state index contributed by atoms with van der Waals surface area (Å²) in [5, 5.41) is 12.5. The lowest BCUT2D eigenvalue weighted by Crippen LogP contribution is -2.32. The second kappa shape index (κ2) is 8.57. The molecule has 1 fully saturated rings. The highest BCUT2D eigenvalue weighted by Crippen LogP contribution is 2.41. The molecule has 4 rings (SSSR count). The summed E-state index contributed by atoms with van der Waals surface area (Å²) in [7, 11) is 3.11. The maximum Gasteiger partial charge on any atom is 0.319 e. The minimum atomic E-state index is -0.296. The van der Waals surface area contributed by atoms with Crippen LogP contribution in [0.4, 0.5) is 10.5 Å². The number of methoxy groups -OCH3 is 2. The Kier molecular flexibility index (Phi) is 5.71. The van der Waals surface area contributed by atoms with Gasteiger partial charge in [0, 0.05) is 18.2 Å². The number of aromatic nitrogens is 2. The zero-order valence-corrected chi connectivity index (χ0v) is 17.3. The molecule has 0 saturated heterocycles. The Morgan fingerprint density at radius 1 is 1.24 bits per heavy atom. The Bertz CT molecular complexity index is 980. The number of ether oxygens (including phenoxy) is 2. The maximum atomic E-state index is 12.3. The lowest BCUT2D eigenvalue weighted by molar-refractivity contribution is 0.251. The molecule has 2 amide bonds. The van der Waals surface area contributed by atoms with Crippen molar-refractivity contribution in [2.24, 2.45) is 0 Å². The number of hydrogen-bond donors (Lipinski definition) is 2. The third kappa shape index (κ3) is 4.37. The van der Waals surface area contributed by atoms with Crippen LogP contribution in [-0.4, -0.2) is 36.6 Å². The molecule has 1 saturated carbocycles. The van der Waals surface area contributed by atoms with Crippen molar-refractivity contribution in [1.29, 1.82) is 0 Å². The molecule has 2 N–H and O–H groups in total. The highest BCUT2D eigenvalue weighted by molar-refractivity contribution is 7.13. The number of para-hydroxylation sites is 1. The normalized spacial score (nSPS) is 13.2. The van der Waals surface area contributed by atoms with Crippen molar-refractivity contribution in [2.45, 2.75) is 25.3 Å². The Balaban J connectivity index is 1.38. The van der Waals surface area contributed by atoms with Gasteiger partial charge in [-0.05, 0) is 42.5 Å². The second-order valence-electron chi connectivity index (χ2n) is 6.85. The minimum Gasteiger partial charge on any atom is -0.493 e. The number of carbonyl (C=O) groups excluding carboxylic acids is 1. The van der Waals surface area contributed by atoms with Crippen molar-refractivity contribution in [1.82, 2.24) is 15.1 Å². The lowest BCUT2D eigenvalue weighted by Gasteiger charge is -2.14. The fourth-order valence-corrected chi connectivity index (χ4v) is 3.97. The summed E-state index contributed by atoms with van der Waals surface area (Å²) in [5.74, 6) is 1.65. The van der Waals surface area contributed by atoms with Crippen LogP contribution in [0.5, 0.6) is 11.5 Å². The van der Waals surface area contributed by atoms with Crippen molar-refractivity contribution in [3.05, 3.63) is 47.5 Å². The fourth-order valence-electron chi connectivity index (χ4n) is 3.29. The van der Waals surface area contributed by atoms with Crippen LogP contribution in [0.2, 0.25) is 0 Å². The van der Waals surface area contributed by atoms with Crippen LogP contribution < -0.4 is 20.1 Å². The largest absolute Gasteiger partial charge is 0.493 e. The number of hydrogen-bond acceptors (Lipinski definition) is 5. The molecule has 0 unspecified atom stereocenters. The molecule has 0 atom stereocenters. The molecule has 0 bridgehead atoms. The van der Waals surface area contributed by atoms with Gasteiger partial charge < -0.3 is 20.1 Å². The van der Waals surface area contributed by atoms with Crippen molar-refractivity contribution in [3.8, 4) is 22.1 Å². The second-order valence-corrected chi connectivity index (χ2v) is 7.80. The number of urea groups is 1. The Labute approximate surface area is 173 Å². The van der Waals surface area contributed by atoms with E-state index in [2.05, 4.69) is 28.1 Å². The van der Waals surface area contributed by atoms with Gasteiger partial charge in [-0.15, -0.1) is 11.3 Å². The number of rotatable bonds is 8. The average molecular weight is 413 g/mol.